The van der Waals surface area contributed by atoms with E-state index in [0.29, 0.717) is 36.2 Å². The molecule has 1 fully saturated rings. The number of nitrogens with two attached hydrogens (primary N) is 1. The van der Waals surface area contributed by atoms with Crippen molar-refractivity contribution in [3.8, 4) is 23.0 Å². The molecule has 0 radical (unpaired) electrons. The topological polar surface area (TPSA) is 107 Å². The van der Waals surface area contributed by atoms with Crippen molar-refractivity contribution in [2.24, 2.45) is 5.73 Å². The zero-order chi connectivity index (χ0) is 23.2. The van der Waals surface area contributed by atoms with Crippen LogP contribution in [-0.4, -0.2) is 35.9 Å². The van der Waals surface area contributed by atoms with Gasteiger partial charge in [0.2, 0.25) is 5.91 Å². The third-order valence-electron chi connectivity index (χ3n) is 5.19. The first-order chi connectivity index (χ1) is 16.0. The summed E-state index contributed by atoms with van der Waals surface area (Å²) in [4.78, 5) is 29.9. The van der Waals surface area contributed by atoms with Crippen molar-refractivity contribution >= 4 is 17.6 Å². The van der Waals surface area contributed by atoms with Crippen LogP contribution in [0.1, 0.15) is 16.8 Å². The van der Waals surface area contributed by atoms with Gasteiger partial charge in [-0.15, -0.1) is 0 Å². The second-order valence-corrected chi connectivity index (χ2v) is 7.54. The molecule has 0 saturated carbocycles. The third kappa shape index (κ3) is 5.48. The number of nitrogens with one attached hydrogen (secondary N) is 1. The van der Waals surface area contributed by atoms with Gasteiger partial charge in [-0.05, 0) is 48.9 Å². The number of amides is 2. The lowest BCUT2D eigenvalue weighted by Gasteiger charge is -2.19. The highest BCUT2D eigenvalue weighted by Crippen LogP contribution is 2.31. The molecule has 1 aliphatic heterocycles. The maximum atomic E-state index is 11.9. The van der Waals surface area contributed by atoms with Crippen LogP contribution in [0.4, 0.5) is 5.82 Å². The molecule has 0 unspecified atom stereocenters. The molecule has 1 atom stereocenters. The Labute approximate surface area is 191 Å². The van der Waals surface area contributed by atoms with Gasteiger partial charge < -0.3 is 25.4 Å². The lowest BCUT2D eigenvalue weighted by molar-refractivity contribution is -0.117. The highest BCUT2D eigenvalue weighted by atomic mass is 16.5. The second-order valence-electron chi connectivity index (χ2n) is 7.54. The summed E-state index contributed by atoms with van der Waals surface area (Å²) in [6.45, 7) is 4.77. The zero-order valence-corrected chi connectivity index (χ0v) is 17.9. The van der Waals surface area contributed by atoms with Gasteiger partial charge in [-0.1, -0.05) is 24.8 Å². The zero-order valence-electron chi connectivity index (χ0n) is 17.9. The minimum absolute atomic E-state index is 0.00496. The monoisotopic (exact) mass is 444 g/mol. The fourth-order valence-corrected chi connectivity index (χ4v) is 3.54. The van der Waals surface area contributed by atoms with Crippen molar-refractivity contribution in [1.82, 2.24) is 10.3 Å². The summed E-state index contributed by atoms with van der Waals surface area (Å²) in [6.07, 6.45) is 3.44. The largest absolute Gasteiger partial charge is 0.457 e. The smallest absolute Gasteiger partial charge is 0.254 e. The van der Waals surface area contributed by atoms with Gasteiger partial charge in [0.15, 0.2) is 0 Å². The fourth-order valence-electron chi connectivity index (χ4n) is 3.54. The summed E-state index contributed by atoms with van der Waals surface area (Å²) < 4.78 is 11.8. The van der Waals surface area contributed by atoms with Gasteiger partial charge in [-0.25, -0.2) is 4.98 Å². The number of benzene rings is 2. The van der Waals surface area contributed by atoms with E-state index in [9.17, 15) is 9.59 Å². The summed E-state index contributed by atoms with van der Waals surface area (Å²) in [7, 11) is 0. The molecule has 33 heavy (non-hydrogen) atoms. The average Bonchev–Trinajstić information content (AvgIpc) is 3.29. The number of para-hydroxylation sites is 1. The second kappa shape index (κ2) is 9.86. The van der Waals surface area contributed by atoms with E-state index in [2.05, 4.69) is 16.9 Å². The predicted octanol–water partition coefficient (Wildman–Crippen LogP) is 3.65. The molecule has 1 saturated heterocycles. The molecule has 0 spiro atoms. The molecular formula is C25H24N4O4. The van der Waals surface area contributed by atoms with E-state index in [0.717, 1.165) is 12.2 Å². The number of rotatable bonds is 8. The predicted molar refractivity (Wildman–Crippen MR) is 125 cm³/mol. The molecule has 168 valence electrons. The van der Waals surface area contributed by atoms with Crippen LogP contribution in [-0.2, 0) is 4.79 Å². The van der Waals surface area contributed by atoms with Crippen molar-refractivity contribution in [1.29, 1.82) is 0 Å². The Morgan fingerprint density at radius 2 is 1.73 bits per heavy atom. The van der Waals surface area contributed by atoms with Crippen LogP contribution < -0.4 is 25.4 Å². The van der Waals surface area contributed by atoms with Crippen molar-refractivity contribution in [3.63, 3.8) is 0 Å². The van der Waals surface area contributed by atoms with Crippen molar-refractivity contribution in [2.45, 2.75) is 12.5 Å². The summed E-state index contributed by atoms with van der Waals surface area (Å²) in [5.41, 5.74) is 5.70. The van der Waals surface area contributed by atoms with E-state index >= 15 is 0 Å². The molecule has 2 heterocycles. The van der Waals surface area contributed by atoms with Gasteiger partial charge in [0.05, 0.1) is 0 Å². The Balaban J connectivity index is 1.49. The maximum Gasteiger partial charge on any atom is 0.254 e. The first-order valence-corrected chi connectivity index (χ1v) is 10.5. The van der Waals surface area contributed by atoms with E-state index in [1.165, 1.54) is 12.3 Å². The summed E-state index contributed by atoms with van der Waals surface area (Å²) >= 11 is 0. The lowest BCUT2D eigenvalue weighted by atomic mass is 10.2. The number of carbonyl (C=O) groups excluding carboxylic acids is 2. The number of hydrogen-bond acceptors (Lipinski definition) is 6. The molecule has 1 aliphatic rings. The van der Waals surface area contributed by atoms with Crippen molar-refractivity contribution < 1.29 is 19.1 Å². The summed E-state index contributed by atoms with van der Waals surface area (Å²) in [6, 6.07) is 18.2. The molecule has 4 rings (SSSR count). The van der Waals surface area contributed by atoms with Crippen molar-refractivity contribution in [3.05, 3.63) is 85.1 Å². The van der Waals surface area contributed by atoms with Crippen LogP contribution in [0.3, 0.4) is 0 Å². The average molecular weight is 444 g/mol. The van der Waals surface area contributed by atoms with Crippen LogP contribution in [0.15, 0.2) is 79.5 Å². The minimum atomic E-state index is -0.634. The normalized spacial score (nSPS) is 15.0. The van der Waals surface area contributed by atoms with Gasteiger partial charge >= 0.3 is 0 Å². The number of anilines is 1. The van der Waals surface area contributed by atoms with Gasteiger partial charge in [0, 0.05) is 31.4 Å². The number of ether oxygens (including phenoxy) is 2. The molecule has 3 N–H and O–H groups in total. The SMILES string of the molecule is C=CC(=O)N[C@H]1CCN(c2cc(Oc3ccc(Oc4ccccc4)cc3)c(C(N)=O)cn2)C1. The van der Waals surface area contributed by atoms with Gasteiger partial charge in [-0.2, -0.15) is 0 Å². The van der Waals surface area contributed by atoms with Crippen LogP contribution >= 0.6 is 0 Å². The maximum absolute atomic E-state index is 11.9. The van der Waals surface area contributed by atoms with Crippen LogP contribution in [0.2, 0.25) is 0 Å². The molecular weight excluding hydrogens is 420 g/mol. The quantitative estimate of drug-likeness (QED) is 0.514. The fraction of sp³-hybridized carbons (Fsp3) is 0.160. The Hall–Kier alpha value is -4.33. The molecule has 3 aromatic rings. The van der Waals surface area contributed by atoms with Crippen LogP contribution in [0.5, 0.6) is 23.0 Å². The van der Waals surface area contributed by atoms with Gasteiger partial charge in [0.1, 0.15) is 34.4 Å². The first-order valence-electron chi connectivity index (χ1n) is 10.5. The molecule has 0 bridgehead atoms. The van der Waals surface area contributed by atoms with E-state index in [1.807, 2.05) is 35.2 Å². The van der Waals surface area contributed by atoms with Crippen LogP contribution in [0, 0.1) is 0 Å². The molecule has 8 nitrogen and oxygen atoms in total. The highest BCUT2D eigenvalue weighted by Gasteiger charge is 2.25. The standard InChI is InChI=1S/C25H24N4O4/c1-2-24(30)28-17-12-13-29(16-17)23-14-22(21(15-27-23)25(26)31)33-20-10-8-19(9-11-20)32-18-6-4-3-5-7-18/h2-11,14-15,17H,1,12-13,16H2,(H2,26,31)(H,28,30)/t17-/m0/s1. The molecule has 1 aromatic heterocycles. The number of aromatic nitrogens is 1. The molecule has 2 amide bonds. The van der Waals surface area contributed by atoms with E-state index in [4.69, 9.17) is 15.2 Å². The number of hydrogen-bond donors (Lipinski definition) is 2. The summed E-state index contributed by atoms with van der Waals surface area (Å²) in [5, 5.41) is 2.89. The van der Waals surface area contributed by atoms with Crippen LogP contribution in [0.25, 0.3) is 0 Å². The van der Waals surface area contributed by atoms with Gasteiger partial charge in [-0.3, -0.25) is 9.59 Å². The molecule has 2 aromatic carbocycles. The number of carbonyl (C=O) groups is 2. The molecule has 8 heteroatoms. The van der Waals surface area contributed by atoms with Crippen molar-refractivity contribution in [2.75, 3.05) is 18.0 Å². The molecule has 0 aliphatic carbocycles. The highest BCUT2D eigenvalue weighted by molar-refractivity contribution is 5.95. The lowest BCUT2D eigenvalue weighted by Crippen LogP contribution is -2.36. The Kier molecular flexibility index (Phi) is 6.54. The number of pyridine rings is 1. The summed E-state index contributed by atoms with van der Waals surface area (Å²) in [5.74, 6) is 2.01. The van der Waals surface area contributed by atoms with E-state index in [1.54, 1.807) is 30.3 Å². The Morgan fingerprint density at radius 3 is 2.39 bits per heavy atom. The van der Waals surface area contributed by atoms with E-state index in [-0.39, 0.29) is 17.5 Å². The van der Waals surface area contributed by atoms with E-state index < -0.39 is 5.91 Å². The van der Waals surface area contributed by atoms with Gasteiger partial charge in [0.25, 0.3) is 5.91 Å². The Bertz CT molecular complexity index is 1150. The number of primary amides is 1. The minimum Gasteiger partial charge on any atom is -0.457 e. The Morgan fingerprint density at radius 1 is 1.06 bits per heavy atom. The third-order valence-corrected chi connectivity index (χ3v) is 5.19. The first kappa shape index (κ1) is 21.9. The number of nitrogens with zero attached hydrogens (tertiary/aromatic N) is 2.